The van der Waals surface area contributed by atoms with Crippen molar-refractivity contribution in [3.8, 4) is 0 Å². The molecule has 0 radical (unpaired) electrons. The van der Waals surface area contributed by atoms with E-state index in [0.29, 0.717) is 17.6 Å². The molecule has 0 aliphatic heterocycles. The first-order chi connectivity index (χ1) is 9.96. The highest BCUT2D eigenvalue weighted by atomic mass is 16.1. The number of rotatable bonds is 3. The molecule has 3 rings (SSSR count). The molecule has 21 heavy (non-hydrogen) atoms. The Morgan fingerprint density at radius 2 is 1.95 bits per heavy atom. The van der Waals surface area contributed by atoms with Crippen LogP contribution in [0.3, 0.4) is 0 Å². The van der Waals surface area contributed by atoms with E-state index >= 15 is 0 Å². The van der Waals surface area contributed by atoms with Crippen LogP contribution >= 0.6 is 0 Å². The van der Waals surface area contributed by atoms with Crippen molar-refractivity contribution in [2.45, 2.75) is 46.0 Å². The third-order valence-electron chi connectivity index (χ3n) is 4.97. The fourth-order valence-electron chi connectivity index (χ4n) is 3.45. The smallest absolute Gasteiger partial charge is 0.142 e. The molecule has 1 aliphatic rings. The van der Waals surface area contributed by atoms with E-state index in [1.54, 1.807) is 0 Å². The Balaban J connectivity index is 1.75. The van der Waals surface area contributed by atoms with Gasteiger partial charge in [-0.1, -0.05) is 32.0 Å². The molecule has 112 valence electrons. The van der Waals surface area contributed by atoms with E-state index in [1.807, 2.05) is 23.9 Å². The average Bonchev–Trinajstić information content (AvgIpc) is 2.76. The quantitative estimate of drug-likeness (QED) is 0.856. The number of carbonyl (C=O) groups excluding carboxylic acids is 1. The molecule has 1 fully saturated rings. The standard InChI is InChI=1S/C18H24N2O/c1-18(2)10-8-13(9-11-18)17(21)12-15-14-6-4-5-7-16(14)20(3)19-15/h4-7,13H,8-12H2,1-3H3. The minimum Gasteiger partial charge on any atom is -0.299 e. The summed E-state index contributed by atoms with van der Waals surface area (Å²) in [6, 6.07) is 8.15. The topological polar surface area (TPSA) is 34.9 Å². The van der Waals surface area contributed by atoms with Gasteiger partial charge in [-0.2, -0.15) is 5.10 Å². The summed E-state index contributed by atoms with van der Waals surface area (Å²) in [5, 5.41) is 5.66. The summed E-state index contributed by atoms with van der Waals surface area (Å²) in [4.78, 5) is 12.6. The lowest BCUT2D eigenvalue weighted by Gasteiger charge is -2.33. The zero-order valence-electron chi connectivity index (χ0n) is 13.2. The first-order valence-corrected chi connectivity index (χ1v) is 7.90. The highest BCUT2D eigenvalue weighted by Gasteiger charge is 2.30. The van der Waals surface area contributed by atoms with E-state index in [-0.39, 0.29) is 5.92 Å². The van der Waals surface area contributed by atoms with Gasteiger partial charge >= 0.3 is 0 Å². The third-order valence-corrected chi connectivity index (χ3v) is 4.97. The molecule has 0 atom stereocenters. The molecule has 3 heteroatoms. The maximum Gasteiger partial charge on any atom is 0.142 e. The number of nitrogens with zero attached hydrogens (tertiary/aromatic N) is 2. The SMILES string of the molecule is Cn1nc(CC(=O)C2CCC(C)(C)CC2)c2ccccc21. The predicted octanol–water partition coefficient (Wildman–Crippen LogP) is 3.90. The van der Waals surface area contributed by atoms with E-state index in [2.05, 4.69) is 31.1 Å². The summed E-state index contributed by atoms with van der Waals surface area (Å²) in [5.41, 5.74) is 2.45. The first-order valence-electron chi connectivity index (χ1n) is 7.90. The molecule has 0 unspecified atom stereocenters. The summed E-state index contributed by atoms with van der Waals surface area (Å²) < 4.78 is 1.88. The molecule has 1 aliphatic carbocycles. The number of hydrogen-bond donors (Lipinski definition) is 0. The van der Waals surface area contributed by atoms with Gasteiger partial charge < -0.3 is 0 Å². The monoisotopic (exact) mass is 284 g/mol. The third kappa shape index (κ3) is 2.87. The Morgan fingerprint density at radius 3 is 2.67 bits per heavy atom. The average molecular weight is 284 g/mol. The van der Waals surface area contributed by atoms with Crippen LogP contribution in [-0.2, 0) is 18.3 Å². The van der Waals surface area contributed by atoms with Crippen LogP contribution in [0.5, 0.6) is 0 Å². The second-order valence-corrected chi connectivity index (χ2v) is 7.17. The first kappa shape index (κ1) is 14.3. The lowest BCUT2D eigenvalue weighted by atomic mass is 9.71. The zero-order chi connectivity index (χ0) is 15.0. The maximum atomic E-state index is 12.6. The number of benzene rings is 1. The fraction of sp³-hybridized carbons (Fsp3) is 0.556. The van der Waals surface area contributed by atoms with Gasteiger partial charge in [0.15, 0.2) is 0 Å². The van der Waals surface area contributed by atoms with Gasteiger partial charge in [0, 0.05) is 18.4 Å². The lowest BCUT2D eigenvalue weighted by Crippen LogP contribution is -2.27. The molecule has 1 aromatic heterocycles. The second-order valence-electron chi connectivity index (χ2n) is 7.17. The van der Waals surface area contributed by atoms with Crippen molar-refractivity contribution in [1.82, 2.24) is 9.78 Å². The van der Waals surface area contributed by atoms with Crippen LogP contribution in [0.4, 0.5) is 0 Å². The Morgan fingerprint density at radius 1 is 1.29 bits per heavy atom. The van der Waals surface area contributed by atoms with Gasteiger partial charge in [-0.15, -0.1) is 0 Å². The fourth-order valence-corrected chi connectivity index (χ4v) is 3.45. The largest absolute Gasteiger partial charge is 0.299 e. The van der Waals surface area contributed by atoms with Crippen LogP contribution in [0.25, 0.3) is 10.9 Å². The minimum atomic E-state index is 0.235. The highest BCUT2D eigenvalue weighted by Crippen LogP contribution is 2.38. The van der Waals surface area contributed by atoms with Gasteiger partial charge in [-0.3, -0.25) is 9.48 Å². The molecule has 0 spiro atoms. The lowest BCUT2D eigenvalue weighted by molar-refractivity contribution is -0.123. The van der Waals surface area contributed by atoms with Crippen molar-refractivity contribution >= 4 is 16.7 Å². The van der Waals surface area contributed by atoms with Gasteiger partial charge in [0.1, 0.15) is 5.78 Å². The maximum absolute atomic E-state index is 12.6. The number of aromatic nitrogens is 2. The van der Waals surface area contributed by atoms with E-state index in [0.717, 1.165) is 42.3 Å². The van der Waals surface area contributed by atoms with Crippen LogP contribution in [0.1, 0.15) is 45.2 Å². The van der Waals surface area contributed by atoms with Crippen LogP contribution in [0, 0.1) is 11.3 Å². The van der Waals surface area contributed by atoms with Crippen LogP contribution in [0.2, 0.25) is 0 Å². The minimum absolute atomic E-state index is 0.235. The summed E-state index contributed by atoms with van der Waals surface area (Å²) >= 11 is 0. The van der Waals surface area contributed by atoms with Crippen LogP contribution in [0.15, 0.2) is 24.3 Å². The van der Waals surface area contributed by atoms with Crippen LogP contribution < -0.4 is 0 Å². The van der Waals surface area contributed by atoms with Crippen LogP contribution in [-0.4, -0.2) is 15.6 Å². The molecule has 0 amide bonds. The molecule has 1 saturated carbocycles. The van der Waals surface area contributed by atoms with Gasteiger partial charge in [0.25, 0.3) is 0 Å². The molecule has 0 N–H and O–H groups in total. The van der Waals surface area contributed by atoms with Crippen molar-refractivity contribution in [3.05, 3.63) is 30.0 Å². The van der Waals surface area contributed by atoms with Gasteiger partial charge in [0.05, 0.1) is 17.6 Å². The number of para-hydroxylation sites is 1. The Labute approximate surface area is 126 Å². The summed E-state index contributed by atoms with van der Waals surface area (Å²) in [6.45, 7) is 4.61. The van der Waals surface area contributed by atoms with Gasteiger partial charge in [-0.05, 0) is 37.2 Å². The van der Waals surface area contributed by atoms with Crippen molar-refractivity contribution in [2.75, 3.05) is 0 Å². The second kappa shape index (κ2) is 5.28. The van der Waals surface area contributed by atoms with E-state index in [4.69, 9.17) is 0 Å². The number of aryl methyl sites for hydroxylation is 1. The molecular weight excluding hydrogens is 260 g/mol. The van der Waals surface area contributed by atoms with Crippen molar-refractivity contribution in [1.29, 1.82) is 0 Å². The van der Waals surface area contributed by atoms with E-state index in [1.165, 1.54) is 0 Å². The summed E-state index contributed by atoms with van der Waals surface area (Å²) in [5.74, 6) is 0.605. The Bertz CT molecular complexity index is 659. The van der Waals surface area contributed by atoms with Crippen molar-refractivity contribution in [2.24, 2.45) is 18.4 Å². The summed E-state index contributed by atoms with van der Waals surface area (Å²) in [6.07, 6.45) is 4.87. The number of hydrogen-bond acceptors (Lipinski definition) is 2. The predicted molar refractivity (Wildman–Crippen MR) is 85.2 cm³/mol. The van der Waals surface area contributed by atoms with Crippen molar-refractivity contribution in [3.63, 3.8) is 0 Å². The molecule has 3 nitrogen and oxygen atoms in total. The zero-order valence-corrected chi connectivity index (χ0v) is 13.2. The molecule has 1 heterocycles. The Hall–Kier alpha value is -1.64. The Kier molecular flexibility index (Phi) is 3.60. The van der Waals surface area contributed by atoms with E-state index in [9.17, 15) is 4.79 Å². The number of carbonyl (C=O) groups is 1. The molecule has 2 aromatic rings. The molecular formula is C18H24N2O. The molecule has 0 bridgehead atoms. The van der Waals surface area contributed by atoms with Crippen molar-refractivity contribution < 1.29 is 4.79 Å². The molecule has 1 aromatic carbocycles. The number of fused-ring (bicyclic) bond motifs is 1. The normalized spacial score (nSPS) is 19.0. The number of ketones is 1. The van der Waals surface area contributed by atoms with Gasteiger partial charge in [0.2, 0.25) is 0 Å². The molecule has 0 saturated heterocycles. The van der Waals surface area contributed by atoms with Gasteiger partial charge in [-0.25, -0.2) is 0 Å². The van der Waals surface area contributed by atoms with E-state index < -0.39 is 0 Å². The summed E-state index contributed by atoms with van der Waals surface area (Å²) in [7, 11) is 1.94. The number of Topliss-reactive ketones (excluding diaryl/α,β-unsaturated/α-hetero) is 1. The highest BCUT2D eigenvalue weighted by molar-refractivity contribution is 5.89.